The van der Waals surface area contributed by atoms with E-state index in [9.17, 15) is 0 Å². The van der Waals surface area contributed by atoms with Crippen LogP contribution in [-0.2, 0) is 11.3 Å². The van der Waals surface area contributed by atoms with Crippen molar-refractivity contribution in [1.82, 2.24) is 10.3 Å². The van der Waals surface area contributed by atoms with E-state index >= 15 is 0 Å². The van der Waals surface area contributed by atoms with E-state index in [2.05, 4.69) is 10.3 Å². The van der Waals surface area contributed by atoms with Crippen molar-refractivity contribution in [2.24, 2.45) is 0 Å². The summed E-state index contributed by atoms with van der Waals surface area (Å²) in [6.45, 7) is 2.37. The molecule has 1 unspecified atom stereocenters. The average Bonchev–Trinajstić information content (AvgIpc) is 3.29. The van der Waals surface area contributed by atoms with Crippen LogP contribution in [0.1, 0.15) is 37.8 Å². The second-order valence-corrected chi connectivity index (χ2v) is 5.44. The molecule has 2 fully saturated rings. The van der Waals surface area contributed by atoms with Gasteiger partial charge in [0.15, 0.2) is 0 Å². The molecule has 1 aromatic rings. The molecule has 2 aliphatic rings. The fraction of sp³-hybridized carbons (Fsp3) is 0.667. The quantitative estimate of drug-likeness (QED) is 0.854. The molecule has 1 atom stereocenters. The predicted molar refractivity (Wildman–Crippen MR) is 73.2 cm³/mol. The Labute approximate surface area is 114 Å². The van der Waals surface area contributed by atoms with Gasteiger partial charge in [0.25, 0.3) is 0 Å². The largest absolute Gasteiger partial charge is 0.489 e. The Balaban J connectivity index is 1.42. The highest BCUT2D eigenvalue weighted by Gasteiger charge is 2.20. The number of nitrogens with zero attached hydrogens (tertiary/aromatic N) is 1. The number of ether oxygens (including phenoxy) is 2. The van der Waals surface area contributed by atoms with Crippen LogP contribution in [-0.4, -0.2) is 30.3 Å². The zero-order chi connectivity index (χ0) is 12.9. The van der Waals surface area contributed by atoms with Crippen molar-refractivity contribution in [3.63, 3.8) is 0 Å². The van der Waals surface area contributed by atoms with Crippen LogP contribution >= 0.6 is 0 Å². The van der Waals surface area contributed by atoms with Crippen LogP contribution in [0.4, 0.5) is 0 Å². The van der Waals surface area contributed by atoms with Crippen LogP contribution < -0.4 is 10.1 Å². The van der Waals surface area contributed by atoms with Gasteiger partial charge in [-0.15, -0.1) is 0 Å². The van der Waals surface area contributed by atoms with E-state index in [0.717, 1.165) is 37.1 Å². The van der Waals surface area contributed by atoms with Crippen LogP contribution in [0.3, 0.4) is 0 Å². The standard InChI is InChI=1S/C15H22N2O2/c1-2-8-18-15(3-1)11-19-14-7-6-13(17-10-14)9-16-12-4-5-12/h6-7,10,12,15-16H,1-5,8-9,11H2. The van der Waals surface area contributed by atoms with Gasteiger partial charge in [-0.25, -0.2) is 0 Å². The zero-order valence-corrected chi connectivity index (χ0v) is 11.3. The Kier molecular flexibility index (Phi) is 4.30. The van der Waals surface area contributed by atoms with E-state index in [1.165, 1.54) is 25.7 Å². The van der Waals surface area contributed by atoms with Crippen LogP contribution in [0, 0.1) is 0 Å². The highest BCUT2D eigenvalue weighted by atomic mass is 16.5. The molecule has 4 nitrogen and oxygen atoms in total. The molecule has 2 heterocycles. The molecule has 0 spiro atoms. The monoisotopic (exact) mass is 262 g/mol. The number of aromatic nitrogens is 1. The molecule has 3 rings (SSSR count). The summed E-state index contributed by atoms with van der Waals surface area (Å²) in [5.74, 6) is 0.837. The van der Waals surface area contributed by atoms with E-state index in [4.69, 9.17) is 9.47 Å². The van der Waals surface area contributed by atoms with Gasteiger partial charge in [0.2, 0.25) is 0 Å². The molecule has 0 bridgehead atoms. The lowest BCUT2D eigenvalue weighted by atomic mass is 10.1. The molecule has 19 heavy (non-hydrogen) atoms. The Hall–Kier alpha value is -1.13. The van der Waals surface area contributed by atoms with Crippen molar-refractivity contribution in [1.29, 1.82) is 0 Å². The van der Waals surface area contributed by atoms with E-state index in [0.29, 0.717) is 6.61 Å². The minimum atomic E-state index is 0.255. The van der Waals surface area contributed by atoms with Crippen molar-refractivity contribution in [3.8, 4) is 5.75 Å². The van der Waals surface area contributed by atoms with E-state index in [1.54, 1.807) is 0 Å². The number of hydrogen-bond donors (Lipinski definition) is 1. The van der Waals surface area contributed by atoms with Gasteiger partial charge in [0.05, 0.1) is 18.0 Å². The number of rotatable bonds is 6. The summed E-state index contributed by atoms with van der Waals surface area (Å²) in [4.78, 5) is 4.41. The first kappa shape index (κ1) is 12.9. The third-order valence-electron chi connectivity index (χ3n) is 3.66. The summed E-state index contributed by atoms with van der Waals surface area (Å²) < 4.78 is 11.4. The summed E-state index contributed by atoms with van der Waals surface area (Å²) in [5.41, 5.74) is 1.08. The highest BCUT2D eigenvalue weighted by molar-refractivity contribution is 5.20. The summed E-state index contributed by atoms with van der Waals surface area (Å²) in [7, 11) is 0. The van der Waals surface area contributed by atoms with Crippen LogP contribution in [0.2, 0.25) is 0 Å². The molecule has 0 aromatic carbocycles. The molecular weight excluding hydrogens is 240 g/mol. The van der Waals surface area contributed by atoms with Gasteiger partial charge in [-0.3, -0.25) is 4.98 Å². The van der Waals surface area contributed by atoms with E-state index in [-0.39, 0.29) is 6.10 Å². The molecule has 4 heteroatoms. The van der Waals surface area contributed by atoms with Gasteiger partial charge in [0, 0.05) is 19.2 Å². The van der Waals surface area contributed by atoms with Crippen LogP contribution in [0.15, 0.2) is 18.3 Å². The van der Waals surface area contributed by atoms with E-state index in [1.807, 2.05) is 18.3 Å². The van der Waals surface area contributed by atoms with Gasteiger partial charge < -0.3 is 14.8 Å². The maximum atomic E-state index is 5.73. The summed E-state index contributed by atoms with van der Waals surface area (Å²) >= 11 is 0. The molecule has 1 aromatic heterocycles. The normalized spacial score (nSPS) is 23.3. The minimum Gasteiger partial charge on any atom is -0.489 e. The molecule has 1 saturated heterocycles. The van der Waals surface area contributed by atoms with Gasteiger partial charge in [0.1, 0.15) is 12.4 Å². The fourth-order valence-electron chi connectivity index (χ4n) is 2.27. The lowest BCUT2D eigenvalue weighted by Gasteiger charge is -2.22. The highest BCUT2D eigenvalue weighted by Crippen LogP contribution is 2.19. The molecule has 0 amide bonds. The minimum absolute atomic E-state index is 0.255. The Morgan fingerprint density at radius 1 is 1.26 bits per heavy atom. The van der Waals surface area contributed by atoms with Crippen molar-refractivity contribution in [3.05, 3.63) is 24.0 Å². The first-order valence-corrected chi connectivity index (χ1v) is 7.33. The molecule has 1 aliphatic heterocycles. The second-order valence-electron chi connectivity index (χ2n) is 5.44. The number of pyridine rings is 1. The number of nitrogens with one attached hydrogen (secondary N) is 1. The summed E-state index contributed by atoms with van der Waals surface area (Å²) in [6.07, 6.45) is 8.22. The summed E-state index contributed by atoms with van der Waals surface area (Å²) in [5, 5.41) is 3.45. The van der Waals surface area contributed by atoms with E-state index < -0.39 is 0 Å². The lowest BCUT2D eigenvalue weighted by Crippen LogP contribution is -2.25. The first-order valence-electron chi connectivity index (χ1n) is 7.33. The van der Waals surface area contributed by atoms with Crippen LogP contribution in [0.5, 0.6) is 5.75 Å². The third kappa shape index (κ3) is 4.18. The molecule has 1 saturated carbocycles. The SMILES string of the molecule is c1cc(CNC2CC2)ncc1OCC1CCCCO1. The second kappa shape index (κ2) is 6.35. The van der Waals surface area contributed by atoms with Crippen molar-refractivity contribution < 1.29 is 9.47 Å². The average molecular weight is 262 g/mol. The fourth-order valence-corrected chi connectivity index (χ4v) is 2.27. The van der Waals surface area contributed by atoms with Gasteiger partial charge in [-0.05, 0) is 44.2 Å². The molecular formula is C15H22N2O2. The molecule has 1 aliphatic carbocycles. The smallest absolute Gasteiger partial charge is 0.137 e. The van der Waals surface area contributed by atoms with Crippen molar-refractivity contribution >= 4 is 0 Å². The summed E-state index contributed by atoms with van der Waals surface area (Å²) in [6, 6.07) is 4.76. The first-order chi connectivity index (χ1) is 9.40. The maximum absolute atomic E-state index is 5.73. The van der Waals surface area contributed by atoms with Gasteiger partial charge in [-0.2, -0.15) is 0 Å². The lowest BCUT2D eigenvalue weighted by molar-refractivity contribution is -0.0111. The van der Waals surface area contributed by atoms with Gasteiger partial charge >= 0.3 is 0 Å². The van der Waals surface area contributed by atoms with Crippen molar-refractivity contribution in [2.75, 3.05) is 13.2 Å². The maximum Gasteiger partial charge on any atom is 0.137 e. The van der Waals surface area contributed by atoms with Crippen LogP contribution in [0.25, 0.3) is 0 Å². The third-order valence-corrected chi connectivity index (χ3v) is 3.66. The number of hydrogen-bond acceptors (Lipinski definition) is 4. The Morgan fingerprint density at radius 3 is 2.89 bits per heavy atom. The topological polar surface area (TPSA) is 43.4 Å². The Bertz CT molecular complexity index is 384. The zero-order valence-electron chi connectivity index (χ0n) is 11.3. The van der Waals surface area contributed by atoms with Crippen molar-refractivity contribution in [2.45, 2.75) is 50.8 Å². The van der Waals surface area contributed by atoms with Gasteiger partial charge in [-0.1, -0.05) is 0 Å². The molecule has 1 N–H and O–H groups in total. The molecule has 104 valence electrons. The molecule has 0 radical (unpaired) electrons. The predicted octanol–water partition coefficient (Wildman–Crippen LogP) is 2.28. The Morgan fingerprint density at radius 2 is 2.21 bits per heavy atom.